The summed E-state index contributed by atoms with van der Waals surface area (Å²) >= 11 is 0. The maximum Gasteiger partial charge on any atom is 0.401 e. The first-order valence-electron chi connectivity index (χ1n) is 5.82. The molecule has 3 nitrogen and oxygen atoms in total. The minimum absolute atomic E-state index is 0.0574. The average molecular weight is 259 g/mol. The number of alkyl halides is 3. The van der Waals surface area contributed by atoms with Gasteiger partial charge in [0.2, 0.25) is 0 Å². The molecule has 1 fully saturated rings. The van der Waals surface area contributed by atoms with Gasteiger partial charge in [0.15, 0.2) is 0 Å². The highest BCUT2D eigenvalue weighted by Gasteiger charge is 2.36. The molecule has 1 aliphatic rings. The standard InChI is InChI=1S/C12H16F3N3/c1-8-3-11(16-4-9(8)2)17-10-5-18(6-10)7-12(13,14)15/h3-4,10H,5-7H2,1-2H3,(H,16,17). The van der Waals surface area contributed by atoms with Crippen LogP contribution in [0, 0.1) is 13.8 Å². The number of halogens is 3. The number of aryl methyl sites for hydroxylation is 2. The Morgan fingerprint density at radius 2 is 2.00 bits per heavy atom. The molecule has 0 aliphatic carbocycles. The third-order valence-electron chi connectivity index (χ3n) is 3.08. The predicted molar refractivity (Wildman–Crippen MR) is 63.6 cm³/mol. The number of nitrogens with zero attached hydrogens (tertiary/aromatic N) is 2. The zero-order valence-corrected chi connectivity index (χ0v) is 10.4. The van der Waals surface area contributed by atoms with Gasteiger partial charge in [0.1, 0.15) is 5.82 Å². The lowest BCUT2D eigenvalue weighted by Crippen LogP contribution is -2.57. The van der Waals surface area contributed by atoms with Crippen molar-refractivity contribution in [2.75, 3.05) is 25.0 Å². The lowest BCUT2D eigenvalue weighted by atomic mass is 10.1. The summed E-state index contributed by atoms with van der Waals surface area (Å²) in [5.41, 5.74) is 2.23. The monoisotopic (exact) mass is 259 g/mol. The Morgan fingerprint density at radius 1 is 1.33 bits per heavy atom. The van der Waals surface area contributed by atoms with Crippen LogP contribution in [0.4, 0.5) is 19.0 Å². The summed E-state index contributed by atoms with van der Waals surface area (Å²) in [6.45, 7) is 3.95. The van der Waals surface area contributed by atoms with Crippen LogP contribution < -0.4 is 5.32 Å². The third-order valence-corrected chi connectivity index (χ3v) is 3.08. The van der Waals surface area contributed by atoms with E-state index >= 15 is 0 Å². The first-order chi connectivity index (χ1) is 8.33. The number of likely N-dealkylation sites (tertiary alicyclic amines) is 1. The summed E-state index contributed by atoms with van der Waals surface area (Å²) in [5.74, 6) is 0.731. The fourth-order valence-corrected chi connectivity index (χ4v) is 1.96. The number of nitrogens with one attached hydrogen (secondary N) is 1. The Hall–Kier alpha value is -1.30. The smallest absolute Gasteiger partial charge is 0.365 e. The molecule has 0 spiro atoms. The van der Waals surface area contributed by atoms with Crippen LogP contribution >= 0.6 is 0 Å². The molecule has 0 radical (unpaired) electrons. The van der Waals surface area contributed by atoms with Crippen molar-refractivity contribution in [1.29, 1.82) is 0 Å². The van der Waals surface area contributed by atoms with Crippen molar-refractivity contribution in [3.8, 4) is 0 Å². The van der Waals surface area contributed by atoms with Crippen LogP contribution in [0.2, 0.25) is 0 Å². The molecule has 2 heterocycles. The van der Waals surface area contributed by atoms with Gasteiger partial charge in [-0.2, -0.15) is 13.2 Å². The Kier molecular flexibility index (Phi) is 3.47. The Balaban J connectivity index is 1.81. The molecule has 1 N–H and O–H groups in total. The van der Waals surface area contributed by atoms with E-state index in [0.29, 0.717) is 13.1 Å². The van der Waals surface area contributed by atoms with E-state index in [1.165, 1.54) is 4.90 Å². The van der Waals surface area contributed by atoms with Gasteiger partial charge in [-0.25, -0.2) is 4.98 Å². The van der Waals surface area contributed by atoms with Gasteiger partial charge in [-0.3, -0.25) is 4.90 Å². The van der Waals surface area contributed by atoms with Gasteiger partial charge in [-0.05, 0) is 31.0 Å². The summed E-state index contributed by atoms with van der Waals surface area (Å²) in [5, 5.41) is 3.14. The molecule has 18 heavy (non-hydrogen) atoms. The maximum atomic E-state index is 12.1. The van der Waals surface area contributed by atoms with E-state index in [-0.39, 0.29) is 6.04 Å². The summed E-state index contributed by atoms with van der Waals surface area (Å²) < 4.78 is 36.3. The molecule has 0 bridgehead atoms. The van der Waals surface area contributed by atoms with Crippen LogP contribution in [-0.2, 0) is 0 Å². The van der Waals surface area contributed by atoms with Gasteiger partial charge in [0.25, 0.3) is 0 Å². The highest BCUT2D eigenvalue weighted by molar-refractivity contribution is 5.41. The van der Waals surface area contributed by atoms with Crippen molar-refractivity contribution in [3.63, 3.8) is 0 Å². The third kappa shape index (κ3) is 3.35. The molecular weight excluding hydrogens is 243 g/mol. The first-order valence-corrected chi connectivity index (χ1v) is 5.82. The number of rotatable bonds is 3. The minimum Gasteiger partial charge on any atom is -0.365 e. The summed E-state index contributed by atoms with van der Waals surface area (Å²) in [4.78, 5) is 5.58. The average Bonchev–Trinajstić information content (AvgIpc) is 2.18. The van der Waals surface area contributed by atoms with Crippen molar-refractivity contribution >= 4 is 5.82 Å². The molecule has 100 valence electrons. The molecule has 1 saturated heterocycles. The lowest BCUT2D eigenvalue weighted by molar-refractivity contribution is -0.153. The molecule has 0 unspecified atom stereocenters. The van der Waals surface area contributed by atoms with Gasteiger partial charge in [0.05, 0.1) is 12.6 Å². The zero-order chi connectivity index (χ0) is 13.3. The van der Waals surface area contributed by atoms with E-state index in [0.717, 1.165) is 16.9 Å². The van der Waals surface area contributed by atoms with Crippen LogP contribution in [0.15, 0.2) is 12.3 Å². The number of pyridine rings is 1. The Morgan fingerprint density at radius 3 is 2.56 bits per heavy atom. The minimum atomic E-state index is -4.11. The summed E-state index contributed by atoms with van der Waals surface area (Å²) in [6.07, 6.45) is -2.34. The molecule has 0 saturated carbocycles. The molecule has 1 aromatic rings. The number of hydrogen-bond donors (Lipinski definition) is 1. The van der Waals surface area contributed by atoms with Crippen LogP contribution in [0.3, 0.4) is 0 Å². The van der Waals surface area contributed by atoms with E-state index in [1.807, 2.05) is 19.9 Å². The van der Waals surface area contributed by atoms with E-state index < -0.39 is 12.7 Å². The number of hydrogen-bond acceptors (Lipinski definition) is 3. The second-order valence-corrected chi connectivity index (χ2v) is 4.80. The van der Waals surface area contributed by atoms with Crippen molar-refractivity contribution in [2.45, 2.75) is 26.1 Å². The Bertz CT molecular complexity index is 425. The molecule has 0 atom stereocenters. The van der Waals surface area contributed by atoms with E-state index in [4.69, 9.17) is 0 Å². The van der Waals surface area contributed by atoms with Crippen molar-refractivity contribution < 1.29 is 13.2 Å². The van der Waals surface area contributed by atoms with Gasteiger partial charge >= 0.3 is 6.18 Å². The van der Waals surface area contributed by atoms with E-state index in [1.54, 1.807) is 6.20 Å². The highest BCUT2D eigenvalue weighted by atomic mass is 19.4. The SMILES string of the molecule is Cc1cnc(NC2CN(CC(F)(F)F)C2)cc1C. The summed E-state index contributed by atoms with van der Waals surface area (Å²) in [6, 6.07) is 1.98. The van der Waals surface area contributed by atoms with Gasteiger partial charge in [0, 0.05) is 19.3 Å². The van der Waals surface area contributed by atoms with Crippen molar-refractivity contribution in [2.24, 2.45) is 0 Å². The van der Waals surface area contributed by atoms with Crippen LogP contribution in [0.25, 0.3) is 0 Å². The van der Waals surface area contributed by atoms with Crippen LogP contribution in [0.1, 0.15) is 11.1 Å². The predicted octanol–water partition coefficient (Wildman–Crippen LogP) is 2.36. The fourth-order valence-electron chi connectivity index (χ4n) is 1.96. The summed E-state index contributed by atoms with van der Waals surface area (Å²) in [7, 11) is 0. The molecule has 0 amide bonds. The topological polar surface area (TPSA) is 28.2 Å². The zero-order valence-electron chi connectivity index (χ0n) is 10.4. The van der Waals surface area contributed by atoms with Gasteiger partial charge in [-0.15, -0.1) is 0 Å². The van der Waals surface area contributed by atoms with E-state index in [2.05, 4.69) is 10.3 Å². The van der Waals surface area contributed by atoms with Gasteiger partial charge < -0.3 is 5.32 Å². The second kappa shape index (κ2) is 4.76. The largest absolute Gasteiger partial charge is 0.401 e. The first kappa shape index (κ1) is 13.1. The van der Waals surface area contributed by atoms with Gasteiger partial charge in [-0.1, -0.05) is 0 Å². The quantitative estimate of drug-likeness (QED) is 0.903. The van der Waals surface area contributed by atoms with Crippen molar-refractivity contribution in [3.05, 3.63) is 23.4 Å². The molecule has 0 aromatic carbocycles. The highest BCUT2D eigenvalue weighted by Crippen LogP contribution is 2.22. The molecule has 2 rings (SSSR count). The molecule has 1 aliphatic heterocycles. The molecule has 6 heteroatoms. The van der Waals surface area contributed by atoms with Crippen molar-refractivity contribution in [1.82, 2.24) is 9.88 Å². The van der Waals surface area contributed by atoms with Crippen LogP contribution in [-0.4, -0.2) is 41.7 Å². The fraction of sp³-hybridized carbons (Fsp3) is 0.583. The van der Waals surface area contributed by atoms with E-state index in [9.17, 15) is 13.2 Å². The Labute approximate surface area is 104 Å². The van der Waals surface area contributed by atoms with Crippen LogP contribution in [0.5, 0.6) is 0 Å². The number of anilines is 1. The second-order valence-electron chi connectivity index (χ2n) is 4.80. The molecule has 1 aromatic heterocycles. The number of aromatic nitrogens is 1. The normalized spacial score (nSPS) is 17.6. The maximum absolute atomic E-state index is 12.1. The lowest BCUT2D eigenvalue weighted by Gasteiger charge is -2.40. The molecular formula is C12H16F3N3.